The van der Waals surface area contributed by atoms with E-state index in [4.69, 9.17) is 4.74 Å². The number of aromatic amines is 1. The van der Waals surface area contributed by atoms with E-state index in [1.54, 1.807) is 0 Å². The first kappa shape index (κ1) is 8.53. The molecule has 1 aliphatic carbocycles. The Labute approximate surface area is 88.1 Å². The van der Waals surface area contributed by atoms with Crippen molar-refractivity contribution in [3.05, 3.63) is 36.4 Å². The molecule has 0 saturated heterocycles. The number of hydrogen-bond donors (Lipinski definition) is 1. The van der Waals surface area contributed by atoms with Crippen LogP contribution >= 0.6 is 0 Å². The van der Waals surface area contributed by atoms with Gasteiger partial charge in [0.1, 0.15) is 6.10 Å². The van der Waals surface area contributed by atoms with Crippen molar-refractivity contribution in [3.63, 3.8) is 0 Å². The summed E-state index contributed by atoms with van der Waals surface area (Å²) in [4.78, 5) is 0. The number of aromatic nitrogens is 2. The molecule has 3 nitrogen and oxygen atoms in total. The van der Waals surface area contributed by atoms with Gasteiger partial charge in [-0.1, -0.05) is 30.3 Å². The Morgan fingerprint density at radius 3 is 2.73 bits per heavy atom. The Morgan fingerprint density at radius 1 is 1.20 bits per heavy atom. The van der Waals surface area contributed by atoms with Crippen LogP contribution < -0.4 is 4.74 Å². The highest BCUT2D eigenvalue weighted by Gasteiger charge is 2.24. The fraction of sp³-hybridized carbons (Fsp3) is 0.250. The third-order valence-electron chi connectivity index (χ3n) is 2.45. The van der Waals surface area contributed by atoms with Gasteiger partial charge in [-0.05, 0) is 18.4 Å². The SMILES string of the molecule is c1ccc(-c2cc(OC3CC3)n[nH]2)cc1. The van der Waals surface area contributed by atoms with E-state index in [1.807, 2.05) is 24.3 Å². The minimum Gasteiger partial charge on any atom is -0.473 e. The average Bonchev–Trinajstić information content (AvgIpc) is 2.96. The molecule has 1 fully saturated rings. The summed E-state index contributed by atoms with van der Waals surface area (Å²) in [6, 6.07) is 12.1. The number of nitrogens with zero attached hydrogens (tertiary/aromatic N) is 1. The van der Waals surface area contributed by atoms with Crippen molar-refractivity contribution in [2.75, 3.05) is 0 Å². The van der Waals surface area contributed by atoms with Crippen molar-refractivity contribution >= 4 is 0 Å². The molecule has 1 aromatic heterocycles. The molecule has 0 unspecified atom stereocenters. The molecule has 1 aliphatic rings. The van der Waals surface area contributed by atoms with Gasteiger partial charge in [0.25, 0.3) is 0 Å². The molecule has 0 atom stereocenters. The van der Waals surface area contributed by atoms with E-state index >= 15 is 0 Å². The molecule has 0 aliphatic heterocycles. The van der Waals surface area contributed by atoms with Crippen molar-refractivity contribution < 1.29 is 4.74 Å². The van der Waals surface area contributed by atoms with Crippen molar-refractivity contribution in [2.45, 2.75) is 18.9 Å². The lowest BCUT2D eigenvalue weighted by molar-refractivity contribution is 0.290. The maximum absolute atomic E-state index is 5.59. The number of H-pyrrole nitrogens is 1. The van der Waals surface area contributed by atoms with Gasteiger partial charge in [-0.2, -0.15) is 0 Å². The predicted molar refractivity (Wildman–Crippen MR) is 57.7 cm³/mol. The van der Waals surface area contributed by atoms with Crippen LogP contribution in [-0.4, -0.2) is 16.3 Å². The van der Waals surface area contributed by atoms with E-state index in [0.29, 0.717) is 12.0 Å². The van der Waals surface area contributed by atoms with Crippen molar-refractivity contribution in [1.29, 1.82) is 0 Å². The third kappa shape index (κ3) is 1.86. The zero-order valence-corrected chi connectivity index (χ0v) is 8.31. The molecule has 1 heterocycles. The van der Waals surface area contributed by atoms with Gasteiger partial charge in [0.15, 0.2) is 0 Å². The summed E-state index contributed by atoms with van der Waals surface area (Å²) in [7, 11) is 0. The predicted octanol–water partition coefficient (Wildman–Crippen LogP) is 2.62. The number of ether oxygens (including phenoxy) is 1. The maximum atomic E-state index is 5.59. The van der Waals surface area contributed by atoms with Gasteiger partial charge >= 0.3 is 0 Å². The van der Waals surface area contributed by atoms with Gasteiger partial charge in [0.05, 0.1) is 5.69 Å². The van der Waals surface area contributed by atoms with Gasteiger partial charge in [-0.25, -0.2) is 0 Å². The lowest BCUT2D eigenvalue weighted by Gasteiger charge is -1.96. The molecule has 76 valence electrons. The second-order valence-corrected chi connectivity index (χ2v) is 3.80. The van der Waals surface area contributed by atoms with E-state index in [0.717, 1.165) is 24.1 Å². The summed E-state index contributed by atoms with van der Waals surface area (Å²) in [5, 5.41) is 7.11. The van der Waals surface area contributed by atoms with E-state index in [-0.39, 0.29) is 0 Å². The van der Waals surface area contributed by atoms with Gasteiger partial charge in [0.2, 0.25) is 5.88 Å². The lowest BCUT2D eigenvalue weighted by Crippen LogP contribution is -1.95. The van der Waals surface area contributed by atoms with E-state index in [1.165, 1.54) is 0 Å². The fourth-order valence-corrected chi connectivity index (χ4v) is 1.49. The Bertz CT molecular complexity index is 446. The molecule has 15 heavy (non-hydrogen) atoms. The summed E-state index contributed by atoms with van der Waals surface area (Å²) < 4.78 is 5.59. The molecule has 0 radical (unpaired) electrons. The minimum absolute atomic E-state index is 0.400. The molecule has 0 amide bonds. The Morgan fingerprint density at radius 2 is 2.00 bits per heavy atom. The van der Waals surface area contributed by atoms with Crippen LogP contribution in [0.4, 0.5) is 0 Å². The second kappa shape index (κ2) is 3.42. The Kier molecular flexibility index (Phi) is 1.95. The molecule has 3 heteroatoms. The van der Waals surface area contributed by atoms with Gasteiger partial charge in [0, 0.05) is 6.07 Å². The first-order chi connectivity index (χ1) is 7.42. The zero-order chi connectivity index (χ0) is 10.1. The molecule has 1 N–H and O–H groups in total. The number of rotatable bonds is 3. The van der Waals surface area contributed by atoms with Gasteiger partial charge in [-0.15, -0.1) is 5.10 Å². The fourth-order valence-electron chi connectivity index (χ4n) is 1.49. The minimum atomic E-state index is 0.400. The van der Waals surface area contributed by atoms with Crippen LogP contribution in [-0.2, 0) is 0 Å². The highest BCUT2D eigenvalue weighted by atomic mass is 16.5. The van der Waals surface area contributed by atoms with E-state index < -0.39 is 0 Å². The normalized spacial score (nSPS) is 15.2. The first-order valence-electron chi connectivity index (χ1n) is 5.19. The van der Waals surface area contributed by atoms with Gasteiger partial charge < -0.3 is 4.74 Å². The maximum Gasteiger partial charge on any atom is 0.233 e. The molecule has 3 rings (SSSR count). The number of hydrogen-bond acceptors (Lipinski definition) is 2. The smallest absolute Gasteiger partial charge is 0.233 e. The second-order valence-electron chi connectivity index (χ2n) is 3.80. The summed E-state index contributed by atoms with van der Waals surface area (Å²) in [5.41, 5.74) is 2.14. The number of benzene rings is 1. The summed E-state index contributed by atoms with van der Waals surface area (Å²) in [6.07, 6.45) is 2.72. The zero-order valence-electron chi connectivity index (χ0n) is 8.31. The Hall–Kier alpha value is -1.77. The molecule has 0 bridgehead atoms. The molecule has 2 aromatic rings. The highest BCUT2D eigenvalue weighted by Crippen LogP contribution is 2.27. The van der Waals surface area contributed by atoms with E-state index in [2.05, 4.69) is 22.3 Å². The van der Waals surface area contributed by atoms with Crippen LogP contribution in [0.25, 0.3) is 11.3 Å². The van der Waals surface area contributed by atoms with Crippen LogP contribution in [0.1, 0.15) is 12.8 Å². The monoisotopic (exact) mass is 200 g/mol. The molecule has 0 spiro atoms. The van der Waals surface area contributed by atoms with Crippen LogP contribution in [0, 0.1) is 0 Å². The van der Waals surface area contributed by atoms with E-state index in [9.17, 15) is 0 Å². The lowest BCUT2D eigenvalue weighted by atomic mass is 10.2. The van der Waals surface area contributed by atoms with Crippen LogP contribution in [0.3, 0.4) is 0 Å². The highest BCUT2D eigenvalue weighted by molar-refractivity contribution is 5.59. The molecule has 1 aromatic carbocycles. The third-order valence-corrected chi connectivity index (χ3v) is 2.45. The molecular formula is C12H12N2O. The van der Waals surface area contributed by atoms with Crippen LogP contribution in [0.15, 0.2) is 36.4 Å². The molecule has 1 saturated carbocycles. The van der Waals surface area contributed by atoms with Gasteiger partial charge in [-0.3, -0.25) is 5.10 Å². The number of nitrogens with one attached hydrogen (secondary N) is 1. The standard InChI is InChI=1S/C12H12N2O/c1-2-4-9(5-3-1)11-8-12(14-13-11)15-10-6-7-10/h1-5,8,10H,6-7H2,(H,13,14). The summed E-state index contributed by atoms with van der Waals surface area (Å²) in [6.45, 7) is 0. The first-order valence-corrected chi connectivity index (χ1v) is 5.19. The van der Waals surface area contributed by atoms with Crippen molar-refractivity contribution in [1.82, 2.24) is 10.2 Å². The Balaban J connectivity index is 1.83. The molecular weight excluding hydrogens is 188 g/mol. The van der Waals surface area contributed by atoms with Crippen molar-refractivity contribution in [3.8, 4) is 17.1 Å². The largest absolute Gasteiger partial charge is 0.473 e. The van der Waals surface area contributed by atoms with Crippen molar-refractivity contribution in [2.24, 2.45) is 0 Å². The topological polar surface area (TPSA) is 37.9 Å². The van der Waals surface area contributed by atoms with Crippen LogP contribution in [0.2, 0.25) is 0 Å². The van der Waals surface area contributed by atoms with Crippen LogP contribution in [0.5, 0.6) is 5.88 Å². The summed E-state index contributed by atoms with van der Waals surface area (Å²) in [5.74, 6) is 0.705. The quantitative estimate of drug-likeness (QED) is 0.827. The summed E-state index contributed by atoms with van der Waals surface area (Å²) >= 11 is 0. The average molecular weight is 200 g/mol.